The van der Waals surface area contributed by atoms with Gasteiger partial charge in [0.1, 0.15) is 0 Å². The second-order valence-electron chi connectivity index (χ2n) is 6.64. The first-order chi connectivity index (χ1) is 7.98. The zero-order chi connectivity index (χ0) is 12.5. The summed E-state index contributed by atoms with van der Waals surface area (Å²) in [4.78, 5) is 0. The third-order valence-corrected chi connectivity index (χ3v) is 5.01. The molecule has 0 amide bonds. The number of methoxy groups -OCH3 is 1. The summed E-state index contributed by atoms with van der Waals surface area (Å²) in [5.74, 6) is 0. The zero-order valence-electron chi connectivity index (χ0n) is 11.6. The summed E-state index contributed by atoms with van der Waals surface area (Å²) in [7, 11) is 1.81. The Balaban J connectivity index is 1.79. The lowest BCUT2D eigenvalue weighted by Crippen LogP contribution is -2.63. The second kappa shape index (κ2) is 4.87. The Hall–Kier alpha value is -0.120. The van der Waals surface area contributed by atoms with E-state index in [1.165, 1.54) is 32.1 Å². The molecule has 0 aromatic heterocycles. The van der Waals surface area contributed by atoms with Crippen molar-refractivity contribution in [2.24, 2.45) is 11.1 Å². The van der Waals surface area contributed by atoms with Gasteiger partial charge >= 0.3 is 0 Å². The van der Waals surface area contributed by atoms with Crippen LogP contribution in [0.1, 0.15) is 52.4 Å². The lowest BCUT2D eigenvalue weighted by atomic mass is 9.64. The Morgan fingerprint density at radius 1 is 1.24 bits per heavy atom. The molecule has 2 aliphatic rings. The molecule has 0 aliphatic heterocycles. The van der Waals surface area contributed by atoms with Gasteiger partial charge in [-0.15, -0.1) is 0 Å². The molecule has 0 aromatic rings. The van der Waals surface area contributed by atoms with Gasteiger partial charge < -0.3 is 15.8 Å². The van der Waals surface area contributed by atoms with Crippen LogP contribution < -0.4 is 11.1 Å². The molecule has 3 nitrogen and oxygen atoms in total. The minimum absolute atomic E-state index is 0.0481. The van der Waals surface area contributed by atoms with Crippen LogP contribution >= 0.6 is 0 Å². The van der Waals surface area contributed by atoms with Crippen LogP contribution in [-0.4, -0.2) is 31.3 Å². The first kappa shape index (κ1) is 13.3. The molecule has 0 radical (unpaired) electrons. The van der Waals surface area contributed by atoms with Gasteiger partial charge in [0, 0.05) is 30.7 Å². The monoisotopic (exact) mass is 240 g/mol. The number of ether oxygens (including phenoxy) is 1. The smallest absolute Gasteiger partial charge is 0.0652 e. The van der Waals surface area contributed by atoms with Crippen LogP contribution in [0.25, 0.3) is 0 Å². The van der Waals surface area contributed by atoms with Crippen molar-refractivity contribution >= 4 is 0 Å². The van der Waals surface area contributed by atoms with Crippen LogP contribution in [0.3, 0.4) is 0 Å². The fraction of sp³-hybridized carbons (Fsp3) is 1.00. The molecule has 100 valence electrons. The van der Waals surface area contributed by atoms with Gasteiger partial charge in [-0.05, 0) is 19.3 Å². The van der Waals surface area contributed by atoms with E-state index in [4.69, 9.17) is 10.5 Å². The standard InChI is InChI=1S/C14H28N2O/c1-13(2)11(9-12(13)17-3)16-10-14(15)7-5-4-6-8-14/h11-12,16H,4-10,15H2,1-3H3. The third kappa shape index (κ3) is 2.67. The van der Waals surface area contributed by atoms with Crippen molar-refractivity contribution in [1.29, 1.82) is 0 Å². The Morgan fingerprint density at radius 3 is 2.41 bits per heavy atom. The van der Waals surface area contributed by atoms with Gasteiger partial charge in [-0.25, -0.2) is 0 Å². The van der Waals surface area contributed by atoms with Crippen LogP contribution in [0.4, 0.5) is 0 Å². The highest BCUT2D eigenvalue weighted by atomic mass is 16.5. The molecule has 3 heteroatoms. The quantitative estimate of drug-likeness (QED) is 0.790. The summed E-state index contributed by atoms with van der Waals surface area (Å²) in [6.45, 7) is 5.54. The molecular formula is C14H28N2O. The van der Waals surface area contributed by atoms with E-state index in [2.05, 4.69) is 19.2 Å². The largest absolute Gasteiger partial charge is 0.381 e. The Bertz CT molecular complexity index is 259. The average molecular weight is 240 g/mol. The summed E-state index contributed by atoms with van der Waals surface area (Å²) < 4.78 is 5.48. The molecule has 0 spiro atoms. The van der Waals surface area contributed by atoms with E-state index >= 15 is 0 Å². The first-order valence-corrected chi connectivity index (χ1v) is 7.03. The van der Waals surface area contributed by atoms with Crippen LogP contribution in [0, 0.1) is 5.41 Å². The number of hydrogen-bond donors (Lipinski definition) is 2. The molecule has 0 aromatic carbocycles. The van der Waals surface area contributed by atoms with Crippen molar-refractivity contribution < 1.29 is 4.74 Å². The summed E-state index contributed by atoms with van der Waals surface area (Å²) in [5, 5.41) is 3.68. The van der Waals surface area contributed by atoms with Crippen LogP contribution in [-0.2, 0) is 4.74 Å². The number of nitrogens with two attached hydrogens (primary N) is 1. The molecular weight excluding hydrogens is 212 g/mol. The maximum atomic E-state index is 6.45. The van der Waals surface area contributed by atoms with Crippen LogP contribution in [0.5, 0.6) is 0 Å². The van der Waals surface area contributed by atoms with Crippen molar-refractivity contribution in [3.05, 3.63) is 0 Å². The highest BCUT2D eigenvalue weighted by Crippen LogP contribution is 2.42. The van der Waals surface area contributed by atoms with Gasteiger partial charge in [-0.1, -0.05) is 33.1 Å². The van der Waals surface area contributed by atoms with E-state index in [9.17, 15) is 0 Å². The van der Waals surface area contributed by atoms with Crippen molar-refractivity contribution in [3.63, 3.8) is 0 Å². The predicted octanol–water partition coefficient (Wildman–Crippen LogP) is 2.05. The van der Waals surface area contributed by atoms with Crippen LogP contribution in [0.15, 0.2) is 0 Å². The Kier molecular flexibility index (Phi) is 3.81. The molecule has 0 bridgehead atoms. The third-order valence-electron chi connectivity index (χ3n) is 5.01. The normalized spacial score (nSPS) is 35.3. The second-order valence-corrected chi connectivity index (χ2v) is 6.64. The van der Waals surface area contributed by atoms with Crippen molar-refractivity contribution in [1.82, 2.24) is 5.32 Å². The molecule has 2 unspecified atom stereocenters. The summed E-state index contributed by atoms with van der Waals surface area (Å²) >= 11 is 0. The Labute approximate surface area is 105 Å². The van der Waals surface area contributed by atoms with Crippen molar-refractivity contribution in [2.45, 2.75) is 70.1 Å². The average Bonchev–Trinajstić information content (AvgIpc) is 2.28. The van der Waals surface area contributed by atoms with Gasteiger partial charge in [0.2, 0.25) is 0 Å². The summed E-state index contributed by atoms with van der Waals surface area (Å²) in [6, 6.07) is 0.565. The molecule has 3 N–H and O–H groups in total. The molecule has 0 saturated heterocycles. The lowest BCUT2D eigenvalue weighted by molar-refractivity contribution is -0.0986. The van der Waals surface area contributed by atoms with Crippen LogP contribution in [0.2, 0.25) is 0 Å². The predicted molar refractivity (Wildman–Crippen MR) is 71.0 cm³/mol. The maximum Gasteiger partial charge on any atom is 0.0652 e. The minimum atomic E-state index is 0.0481. The van der Waals surface area contributed by atoms with Gasteiger partial charge in [-0.2, -0.15) is 0 Å². The lowest BCUT2D eigenvalue weighted by Gasteiger charge is -2.52. The van der Waals surface area contributed by atoms with Gasteiger partial charge in [0.25, 0.3) is 0 Å². The van der Waals surface area contributed by atoms with E-state index in [0.717, 1.165) is 13.0 Å². The van der Waals surface area contributed by atoms with E-state index in [1.807, 2.05) is 7.11 Å². The SMILES string of the molecule is COC1CC(NCC2(N)CCCCC2)C1(C)C. The van der Waals surface area contributed by atoms with Gasteiger partial charge in [0.15, 0.2) is 0 Å². The Morgan fingerprint density at radius 2 is 1.88 bits per heavy atom. The molecule has 2 rings (SSSR count). The fourth-order valence-electron chi connectivity index (χ4n) is 3.39. The highest BCUT2D eigenvalue weighted by Gasteiger charge is 2.48. The first-order valence-electron chi connectivity index (χ1n) is 7.03. The van der Waals surface area contributed by atoms with E-state index in [1.54, 1.807) is 0 Å². The number of nitrogens with one attached hydrogen (secondary N) is 1. The molecule has 2 fully saturated rings. The summed E-state index contributed by atoms with van der Waals surface area (Å²) in [5.41, 5.74) is 6.75. The van der Waals surface area contributed by atoms with Crippen molar-refractivity contribution in [3.8, 4) is 0 Å². The minimum Gasteiger partial charge on any atom is -0.381 e. The van der Waals surface area contributed by atoms with E-state index in [-0.39, 0.29) is 11.0 Å². The number of rotatable bonds is 4. The zero-order valence-corrected chi connectivity index (χ0v) is 11.6. The molecule has 2 atom stereocenters. The summed E-state index contributed by atoms with van der Waals surface area (Å²) in [6.07, 6.45) is 7.85. The number of hydrogen-bond acceptors (Lipinski definition) is 3. The van der Waals surface area contributed by atoms with Gasteiger partial charge in [-0.3, -0.25) is 0 Å². The van der Waals surface area contributed by atoms with E-state index < -0.39 is 0 Å². The molecule has 2 saturated carbocycles. The molecule has 17 heavy (non-hydrogen) atoms. The van der Waals surface area contributed by atoms with Crippen molar-refractivity contribution in [2.75, 3.05) is 13.7 Å². The fourth-order valence-corrected chi connectivity index (χ4v) is 3.39. The molecule has 2 aliphatic carbocycles. The van der Waals surface area contributed by atoms with E-state index in [0.29, 0.717) is 12.1 Å². The maximum absolute atomic E-state index is 6.45. The highest BCUT2D eigenvalue weighted by molar-refractivity contribution is 5.04. The topological polar surface area (TPSA) is 47.3 Å². The molecule has 0 heterocycles. The van der Waals surface area contributed by atoms with Gasteiger partial charge in [0.05, 0.1) is 6.10 Å².